The first-order chi connectivity index (χ1) is 20.7. The van der Waals surface area contributed by atoms with Crippen molar-refractivity contribution in [1.29, 1.82) is 0 Å². The lowest BCUT2D eigenvalue weighted by Crippen LogP contribution is -2.39. The summed E-state index contributed by atoms with van der Waals surface area (Å²) in [6.07, 6.45) is 1.73. The third-order valence-corrected chi connectivity index (χ3v) is 7.96. The van der Waals surface area contributed by atoms with E-state index in [1.54, 1.807) is 74.5 Å². The zero-order valence-corrected chi connectivity index (χ0v) is 25.0. The number of carbonyl (C=O) groups is 1. The molecule has 1 unspecified atom stereocenters. The molecule has 10 nitrogen and oxygen atoms in total. The van der Waals surface area contributed by atoms with Crippen LogP contribution in [0.25, 0.3) is 6.08 Å². The maximum absolute atomic E-state index is 13.8. The van der Waals surface area contributed by atoms with Gasteiger partial charge in [0.15, 0.2) is 16.3 Å². The van der Waals surface area contributed by atoms with Gasteiger partial charge in [-0.05, 0) is 73.0 Å². The molecule has 0 amide bonds. The number of thiazole rings is 1. The second-order valence-corrected chi connectivity index (χ2v) is 10.9. The average Bonchev–Trinajstić information content (AvgIpc) is 3.30. The zero-order valence-electron chi connectivity index (χ0n) is 23.4. The fourth-order valence-electron chi connectivity index (χ4n) is 4.67. The third-order valence-electron chi connectivity index (χ3n) is 6.73. The van der Waals surface area contributed by atoms with Gasteiger partial charge in [-0.3, -0.25) is 19.5 Å². The molecule has 0 aliphatic carbocycles. The smallest absolute Gasteiger partial charge is 0.338 e. The number of hydrogen-bond donors (Lipinski definition) is 0. The van der Waals surface area contributed by atoms with Gasteiger partial charge in [0.1, 0.15) is 6.61 Å². The maximum atomic E-state index is 13.8. The number of esters is 1. The molecule has 1 aromatic heterocycles. The van der Waals surface area contributed by atoms with E-state index >= 15 is 0 Å². The summed E-state index contributed by atoms with van der Waals surface area (Å²) in [5.74, 6) is 0.381. The first-order valence-corrected chi connectivity index (χ1v) is 14.4. The summed E-state index contributed by atoms with van der Waals surface area (Å²) in [5.41, 5.74) is 2.60. The number of carbonyl (C=O) groups excluding carboxylic acids is 1. The Morgan fingerprint density at radius 2 is 1.84 bits per heavy atom. The number of methoxy groups -OCH3 is 1. The molecule has 1 aliphatic rings. The Kier molecular flexibility index (Phi) is 8.74. The van der Waals surface area contributed by atoms with Gasteiger partial charge >= 0.3 is 5.97 Å². The molecule has 220 valence electrons. The van der Waals surface area contributed by atoms with Crippen molar-refractivity contribution < 1.29 is 23.9 Å². The quantitative estimate of drug-likeness (QED) is 0.148. The van der Waals surface area contributed by atoms with Gasteiger partial charge in [0.25, 0.3) is 11.2 Å². The van der Waals surface area contributed by atoms with Crippen LogP contribution in [0.1, 0.15) is 36.6 Å². The fourth-order valence-corrected chi connectivity index (χ4v) is 5.84. The number of nitro groups is 1. The van der Waals surface area contributed by atoms with Crippen LogP contribution in [0.2, 0.25) is 5.02 Å². The average molecular weight is 620 g/mol. The van der Waals surface area contributed by atoms with Crippen molar-refractivity contribution in [2.24, 2.45) is 4.99 Å². The van der Waals surface area contributed by atoms with Crippen molar-refractivity contribution in [3.05, 3.63) is 130 Å². The molecule has 2 heterocycles. The number of nitrogens with zero attached hydrogens (tertiary/aromatic N) is 3. The highest BCUT2D eigenvalue weighted by molar-refractivity contribution is 7.07. The van der Waals surface area contributed by atoms with Gasteiger partial charge < -0.3 is 14.2 Å². The van der Waals surface area contributed by atoms with Crippen molar-refractivity contribution >= 4 is 40.7 Å². The molecule has 5 rings (SSSR count). The SMILES string of the molecule is CCOC(=O)C1=C(C)N=c2sc(=Cc3ccc(OCc4ccc([N+](=O)[O-])cc4)c(OC)c3)c(=O)n2C1c1ccc(Cl)cc1. The van der Waals surface area contributed by atoms with Crippen LogP contribution in [0.4, 0.5) is 5.69 Å². The van der Waals surface area contributed by atoms with E-state index < -0.39 is 16.9 Å². The van der Waals surface area contributed by atoms with Gasteiger partial charge in [-0.1, -0.05) is 41.1 Å². The molecule has 0 bridgehead atoms. The van der Waals surface area contributed by atoms with Crippen LogP contribution >= 0.6 is 22.9 Å². The number of fused-ring (bicyclic) bond motifs is 1. The zero-order chi connectivity index (χ0) is 30.7. The Morgan fingerprint density at radius 3 is 2.49 bits per heavy atom. The van der Waals surface area contributed by atoms with Crippen LogP contribution in [0.3, 0.4) is 0 Å². The molecular formula is C31H26ClN3O7S. The van der Waals surface area contributed by atoms with Crippen LogP contribution in [-0.2, 0) is 16.1 Å². The second-order valence-electron chi connectivity index (χ2n) is 9.48. The number of benzene rings is 3. The van der Waals surface area contributed by atoms with E-state index in [2.05, 4.69) is 4.99 Å². The number of nitro benzene ring substituents is 1. The minimum Gasteiger partial charge on any atom is -0.493 e. The molecule has 43 heavy (non-hydrogen) atoms. The molecule has 3 aromatic carbocycles. The normalized spacial score (nSPS) is 14.6. The topological polar surface area (TPSA) is 122 Å². The summed E-state index contributed by atoms with van der Waals surface area (Å²) < 4.78 is 18.7. The lowest BCUT2D eigenvalue weighted by atomic mass is 9.96. The highest BCUT2D eigenvalue weighted by Crippen LogP contribution is 2.32. The van der Waals surface area contributed by atoms with Crippen LogP contribution < -0.4 is 24.4 Å². The van der Waals surface area contributed by atoms with Crippen molar-refractivity contribution in [3.63, 3.8) is 0 Å². The van der Waals surface area contributed by atoms with E-state index in [-0.39, 0.29) is 24.5 Å². The number of ether oxygens (including phenoxy) is 3. The largest absolute Gasteiger partial charge is 0.493 e. The molecule has 0 saturated heterocycles. The summed E-state index contributed by atoms with van der Waals surface area (Å²) in [6, 6.07) is 17.6. The van der Waals surface area contributed by atoms with E-state index in [0.29, 0.717) is 48.3 Å². The molecule has 4 aromatic rings. The predicted octanol–water partition coefficient (Wildman–Crippen LogP) is 4.95. The van der Waals surface area contributed by atoms with Gasteiger partial charge in [-0.2, -0.15) is 0 Å². The van der Waals surface area contributed by atoms with Gasteiger partial charge in [0.2, 0.25) is 0 Å². The minimum absolute atomic E-state index is 0.00253. The van der Waals surface area contributed by atoms with Crippen LogP contribution in [-0.4, -0.2) is 29.2 Å². The Balaban J connectivity index is 1.50. The van der Waals surface area contributed by atoms with E-state index in [0.717, 1.165) is 5.56 Å². The summed E-state index contributed by atoms with van der Waals surface area (Å²) in [7, 11) is 1.51. The molecule has 12 heteroatoms. The molecule has 0 fully saturated rings. The number of allylic oxidation sites excluding steroid dienone is 1. The monoisotopic (exact) mass is 619 g/mol. The van der Waals surface area contributed by atoms with Crippen LogP contribution in [0.5, 0.6) is 11.5 Å². The molecule has 0 spiro atoms. The summed E-state index contributed by atoms with van der Waals surface area (Å²) in [4.78, 5) is 42.3. The Labute approximate surface area is 254 Å². The number of aromatic nitrogens is 1. The molecular weight excluding hydrogens is 594 g/mol. The van der Waals surface area contributed by atoms with Gasteiger partial charge in [0.05, 0.1) is 40.5 Å². The van der Waals surface area contributed by atoms with E-state index in [1.807, 2.05) is 0 Å². The first-order valence-electron chi connectivity index (χ1n) is 13.2. The van der Waals surface area contributed by atoms with E-state index in [4.69, 9.17) is 25.8 Å². The first kappa shape index (κ1) is 29.7. The number of non-ortho nitro benzene ring substituents is 1. The number of halogens is 1. The van der Waals surface area contributed by atoms with E-state index in [9.17, 15) is 19.7 Å². The molecule has 0 radical (unpaired) electrons. The highest BCUT2D eigenvalue weighted by atomic mass is 35.5. The Bertz CT molecular complexity index is 1910. The van der Waals surface area contributed by atoms with Crippen LogP contribution in [0.15, 0.2) is 87.8 Å². The highest BCUT2D eigenvalue weighted by Gasteiger charge is 2.33. The van der Waals surface area contributed by atoms with Crippen molar-refractivity contribution in [1.82, 2.24) is 4.57 Å². The number of hydrogen-bond acceptors (Lipinski definition) is 9. The molecule has 1 aliphatic heterocycles. The molecule has 0 N–H and O–H groups in total. The second kappa shape index (κ2) is 12.6. The standard InChI is InChI=1S/C31H26ClN3O7S/c1-4-41-30(37)27-18(2)33-31-34(28(27)21-8-10-22(32)11-9-21)29(36)26(43-31)16-20-7-14-24(25(15-20)40-3)42-17-19-5-12-23(13-6-19)35(38)39/h5-16,28H,4,17H2,1-3H3. The molecule has 1 atom stereocenters. The van der Waals surface area contributed by atoms with Crippen LogP contribution in [0, 0.1) is 10.1 Å². The Morgan fingerprint density at radius 1 is 1.12 bits per heavy atom. The fraction of sp³-hybridized carbons (Fsp3) is 0.194. The number of rotatable bonds is 9. The summed E-state index contributed by atoms with van der Waals surface area (Å²) in [6.45, 7) is 3.81. The van der Waals surface area contributed by atoms with E-state index in [1.165, 1.54) is 35.1 Å². The van der Waals surface area contributed by atoms with Crippen molar-refractivity contribution in [2.75, 3.05) is 13.7 Å². The van der Waals surface area contributed by atoms with Gasteiger partial charge in [-0.15, -0.1) is 0 Å². The predicted molar refractivity (Wildman–Crippen MR) is 162 cm³/mol. The molecule has 0 saturated carbocycles. The Hall–Kier alpha value is -4.74. The lowest BCUT2D eigenvalue weighted by molar-refractivity contribution is -0.384. The maximum Gasteiger partial charge on any atom is 0.338 e. The van der Waals surface area contributed by atoms with Crippen molar-refractivity contribution in [2.45, 2.75) is 26.5 Å². The minimum atomic E-state index is -0.737. The third kappa shape index (κ3) is 6.23. The summed E-state index contributed by atoms with van der Waals surface area (Å²) >= 11 is 7.33. The van der Waals surface area contributed by atoms with Gasteiger partial charge in [-0.25, -0.2) is 9.79 Å². The van der Waals surface area contributed by atoms with Gasteiger partial charge in [0, 0.05) is 17.2 Å². The van der Waals surface area contributed by atoms with Crippen molar-refractivity contribution in [3.8, 4) is 11.5 Å². The lowest BCUT2D eigenvalue weighted by Gasteiger charge is -2.24. The summed E-state index contributed by atoms with van der Waals surface area (Å²) in [5, 5.41) is 11.4.